The topological polar surface area (TPSA) is 82.6 Å². The fourth-order valence-corrected chi connectivity index (χ4v) is 3.97. The molecule has 0 aliphatic carbocycles. The molecule has 0 aromatic carbocycles. The number of H-pyrrole nitrogens is 1. The van der Waals surface area contributed by atoms with Crippen LogP contribution in [-0.4, -0.2) is 56.0 Å². The molecule has 0 bridgehead atoms. The lowest BCUT2D eigenvalue weighted by Crippen LogP contribution is -2.25. The van der Waals surface area contributed by atoms with Crippen LogP contribution in [0.1, 0.15) is 18.5 Å². The number of hydrogen-bond donors (Lipinski definition) is 2. The highest BCUT2D eigenvalue weighted by Gasteiger charge is 2.14. The van der Waals surface area contributed by atoms with Crippen LogP contribution in [0.3, 0.4) is 0 Å². The van der Waals surface area contributed by atoms with Gasteiger partial charge in [0.25, 0.3) is 0 Å². The van der Waals surface area contributed by atoms with Gasteiger partial charge in [-0.3, -0.25) is 9.97 Å². The van der Waals surface area contributed by atoms with Crippen molar-refractivity contribution in [2.75, 3.05) is 31.5 Å². The van der Waals surface area contributed by atoms with Gasteiger partial charge in [0.05, 0.1) is 46.3 Å². The quantitative estimate of drug-likeness (QED) is 0.512. The number of pyridine rings is 3. The van der Waals surface area contributed by atoms with Gasteiger partial charge in [0.2, 0.25) is 0 Å². The number of aromatic amines is 1. The molecule has 152 valence electrons. The van der Waals surface area contributed by atoms with E-state index in [9.17, 15) is 0 Å². The van der Waals surface area contributed by atoms with E-state index >= 15 is 0 Å². The van der Waals surface area contributed by atoms with Crippen LogP contribution in [0.2, 0.25) is 0 Å². The zero-order valence-electron chi connectivity index (χ0n) is 17.1. The maximum atomic E-state index is 4.85. The van der Waals surface area contributed by atoms with Crippen molar-refractivity contribution in [1.82, 2.24) is 29.8 Å². The van der Waals surface area contributed by atoms with Gasteiger partial charge in [0.15, 0.2) is 0 Å². The molecule has 7 nitrogen and oxygen atoms in total. The van der Waals surface area contributed by atoms with Crippen LogP contribution in [0.25, 0.3) is 33.8 Å². The molecule has 4 aromatic rings. The number of hydrogen-bond acceptors (Lipinski definition) is 6. The number of likely N-dealkylation sites (tertiary alicyclic amines) is 1. The smallest absolute Gasteiger partial charge is 0.116 e. The minimum Gasteiger partial charge on any atom is -0.382 e. The molecule has 4 aromatic heterocycles. The Kier molecular flexibility index (Phi) is 5.11. The van der Waals surface area contributed by atoms with Gasteiger partial charge in [-0.25, -0.2) is 9.97 Å². The second-order valence-electron chi connectivity index (χ2n) is 7.72. The monoisotopic (exact) mass is 399 g/mol. The predicted octanol–water partition coefficient (Wildman–Crippen LogP) is 3.90. The minimum atomic E-state index is 0.794. The van der Waals surface area contributed by atoms with E-state index in [0.29, 0.717) is 0 Å². The fourth-order valence-electron chi connectivity index (χ4n) is 3.97. The number of rotatable bonds is 6. The summed E-state index contributed by atoms with van der Waals surface area (Å²) in [6.07, 6.45) is 6.20. The van der Waals surface area contributed by atoms with Crippen LogP contribution < -0.4 is 5.32 Å². The normalized spacial score (nSPS) is 14.4. The Bertz CT molecular complexity index is 1160. The fraction of sp³-hybridized carbons (Fsp3) is 0.304. The van der Waals surface area contributed by atoms with Gasteiger partial charge in [0, 0.05) is 18.8 Å². The SMILES string of the molecule is Cc1cccc(-c2[nH]cnc2-c2ccc3ncc(NCCN4CCCC4)cc3n2)n1. The van der Waals surface area contributed by atoms with Crippen molar-refractivity contribution >= 4 is 16.7 Å². The molecular formula is C23H25N7. The first-order valence-corrected chi connectivity index (χ1v) is 10.5. The third-order valence-electron chi connectivity index (χ3n) is 5.52. The molecule has 2 N–H and O–H groups in total. The van der Waals surface area contributed by atoms with Crippen LogP contribution >= 0.6 is 0 Å². The highest BCUT2D eigenvalue weighted by molar-refractivity contribution is 5.82. The zero-order valence-corrected chi connectivity index (χ0v) is 17.1. The molecule has 1 fully saturated rings. The van der Waals surface area contributed by atoms with Crippen molar-refractivity contribution in [3.8, 4) is 22.8 Å². The Labute approximate surface area is 175 Å². The molecule has 30 heavy (non-hydrogen) atoms. The first-order chi connectivity index (χ1) is 14.8. The largest absolute Gasteiger partial charge is 0.382 e. The van der Waals surface area contributed by atoms with Gasteiger partial charge in [-0.2, -0.15) is 0 Å². The van der Waals surface area contributed by atoms with Gasteiger partial charge in [-0.05, 0) is 63.2 Å². The zero-order chi connectivity index (χ0) is 20.3. The van der Waals surface area contributed by atoms with E-state index in [1.54, 1.807) is 6.33 Å². The summed E-state index contributed by atoms with van der Waals surface area (Å²) in [5.41, 5.74) is 7.01. The molecule has 1 aliphatic rings. The van der Waals surface area contributed by atoms with Crippen molar-refractivity contribution in [2.24, 2.45) is 0 Å². The average Bonchev–Trinajstić information content (AvgIpc) is 3.45. The summed E-state index contributed by atoms with van der Waals surface area (Å²) >= 11 is 0. The summed E-state index contributed by atoms with van der Waals surface area (Å²) in [7, 11) is 0. The Morgan fingerprint density at radius 1 is 1.00 bits per heavy atom. The van der Waals surface area contributed by atoms with Crippen molar-refractivity contribution < 1.29 is 0 Å². The Balaban J connectivity index is 1.40. The van der Waals surface area contributed by atoms with Crippen molar-refractivity contribution in [1.29, 1.82) is 0 Å². The molecule has 5 rings (SSSR count). The summed E-state index contributed by atoms with van der Waals surface area (Å²) in [6.45, 7) is 6.38. The lowest BCUT2D eigenvalue weighted by molar-refractivity contribution is 0.352. The van der Waals surface area contributed by atoms with Crippen LogP contribution in [0.5, 0.6) is 0 Å². The standard InChI is InChI=1S/C23H25N7/c1-16-5-4-6-19(28-16)22-23(27-15-26-22)20-8-7-18-21(29-20)13-17(14-25-18)24-9-12-30-10-2-3-11-30/h4-8,13-15,24H,2-3,9-12H2,1H3,(H,26,27). The summed E-state index contributed by atoms with van der Waals surface area (Å²) in [5.74, 6) is 0. The van der Waals surface area contributed by atoms with Gasteiger partial charge in [-0.15, -0.1) is 0 Å². The number of nitrogens with one attached hydrogen (secondary N) is 2. The number of aryl methyl sites for hydroxylation is 1. The van der Waals surface area contributed by atoms with Gasteiger partial charge >= 0.3 is 0 Å². The Hall–Kier alpha value is -3.32. The molecule has 1 saturated heterocycles. The van der Waals surface area contributed by atoms with Crippen molar-refractivity contribution in [3.63, 3.8) is 0 Å². The second kappa shape index (κ2) is 8.20. The molecule has 5 heterocycles. The summed E-state index contributed by atoms with van der Waals surface area (Å²) in [4.78, 5) is 24.3. The Morgan fingerprint density at radius 2 is 1.90 bits per heavy atom. The molecule has 7 heteroatoms. The maximum Gasteiger partial charge on any atom is 0.116 e. The van der Waals surface area contributed by atoms with Gasteiger partial charge in [-0.1, -0.05) is 6.07 Å². The lowest BCUT2D eigenvalue weighted by Gasteiger charge is -2.15. The Morgan fingerprint density at radius 3 is 2.77 bits per heavy atom. The molecule has 0 atom stereocenters. The van der Waals surface area contributed by atoms with E-state index in [1.165, 1.54) is 25.9 Å². The summed E-state index contributed by atoms with van der Waals surface area (Å²) < 4.78 is 0. The number of aromatic nitrogens is 5. The van der Waals surface area contributed by atoms with Gasteiger partial charge < -0.3 is 15.2 Å². The first-order valence-electron chi connectivity index (χ1n) is 10.5. The molecule has 0 unspecified atom stereocenters. The molecule has 0 spiro atoms. The third-order valence-corrected chi connectivity index (χ3v) is 5.52. The number of anilines is 1. The molecule has 1 aliphatic heterocycles. The van der Waals surface area contributed by atoms with E-state index in [0.717, 1.165) is 58.3 Å². The third kappa shape index (κ3) is 3.89. The second-order valence-corrected chi connectivity index (χ2v) is 7.72. The van der Waals surface area contributed by atoms with Crippen molar-refractivity contribution in [2.45, 2.75) is 19.8 Å². The molecular weight excluding hydrogens is 374 g/mol. The van der Waals surface area contributed by atoms with E-state index < -0.39 is 0 Å². The number of nitrogens with zero attached hydrogens (tertiary/aromatic N) is 5. The highest BCUT2D eigenvalue weighted by atomic mass is 15.1. The van der Waals surface area contributed by atoms with E-state index in [2.05, 4.69) is 36.2 Å². The highest BCUT2D eigenvalue weighted by Crippen LogP contribution is 2.28. The van der Waals surface area contributed by atoms with Crippen LogP contribution in [0.15, 0.2) is 48.9 Å². The number of imidazole rings is 1. The summed E-state index contributed by atoms with van der Waals surface area (Å²) in [6, 6.07) is 12.0. The van der Waals surface area contributed by atoms with E-state index in [-0.39, 0.29) is 0 Å². The van der Waals surface area contributed by atoms with Crippen molar-refractivity contribution in [3.05, 3.63) is 54.6 Å². The lowest BCUT2D eigenvalue weighted by atomic mass is 10.1. The molecule has 0 amide bonds. The molecule has 0 radical (unpaired) electrons. The van der Waals surface area contributed by atoms with Crippen LogP contribution in [0, 0.1) is 6.92 Å². The predicted molar refractivity (Wildman–Crippen MR) is 119 cm³/mol. The first kappa shape index (κ1) is 18.7. The number of fused-ring (bicyclic) bond motifs is 1. The van der Waals surface area contributed by atoms with E-state index in [4.69, 9.17) is 4.98 Å². The van der Waals surface area contributed by atoms with Crippen LogP contribution in [-0.2, 0) is 0 Å². The molecule has 0 saturated carbocycles. The van der Waals surface area contributed by atoms with Gasteiger partial charge in [0.1, 0.15) is 5.69 Å². The van der Waals surface area contributed by atoms with Crippen LogP contribution in [0.4, 0.5) is 5.69 Å². The average molecular weight is 400 g/mol. The summed E-state index contributed by atoms with van der Waals surface area (Å²) in [5, 5.41) is 3.49. The maximum absolute atomic E-state index is 4.85. The minimum absolute atomic E-state index is 0.794. The van der Waals surface area contributed by atoms with E-state index in [1.807, 2.05) is 43.5 Å².